The number of carbonyl (C=O) groups excluding carboxylic acids is 1. The van der Waals surface area contributed by atoms with Gasteiger partial charge in [0.1, 0.15) is 11.5 Å². The fourth-order valence-electron chi connectivity index (χ4n) is 4.42. The Labute approximate surface area is 195 Å². The predicted octanol–water partition coefficient (Wildman–Crippen LogP) is 2.49. The molecule has 1 atom stereocenters. The standard InChI is InChI=1S/C24H33N3O5S/c1-19-5-10-23(32-19)22(26-13-15-31-16-14-26)18-25-24(28)17-20-6-8-21(9-7-20)33(29,30)27-11-3-2-4-12-27/h5-10,22H,2-4,11-18H2,1H3,(H,25,28). The molecule has 9 heteroatoms. The smallest absolute Gasteiger partial charge is 0.243 e. The van der Waals surface area contributed by atoms with Crippen LogP contribution in [0.5, 0.6) is 0 Å². The molecule has 1 aromatic heterocycles. The van der Waals surface area contributed by atoms with E-state index in [1.807, 2.05) is 19.1 Å². The number of hydrogen-bond acceptors (Lipinski definition) is 6. The van der Waals surface area contributed by atoms with Crippen LogP contribution in [-0.2, 0) is 26.0 Å². The van der Waals surface area contributed by atoms with Gasteiger partial charge in [0, 0.05) is 32.7 Å². The molecule has 0 saturated carbocycles. The van der Waals surface area contributed by atoms with E-state index in [-0.39, 0.29) is 23.3 Å². The largest absolute Gasteiger partial charge is 0.465 e. The molecule has 0 spiro atoms. The molecule has 3 heterocycles. The first-order chi connectivity index (χ1) is 15.9. The molecule has 2 aromatic rings. The summed E-state index contributed by atoms with van der Waals surface area (Å²) in [5, 5.41) is 3.02. The molecule has 2 aliphatic rings. The predicted molar refractivity (Wildman–Crippen MR) is 124 cm³/mol. The van der Waals surface area contributed by atoms with Crippen LogP contribution < -0.4 is 5.32 Å². The second kappa shape index (κ2) is 10.8. The monoisotopic (exact) mass is 475 g/mol. The summed E-state index contributed by atoms with van der Waals surface area (Å²) in [5.74, 6) is 1.57. The van der Waals surface area contributed by atoms with Crippen molar-refractivity contribution in [3.05, 3.63) is 53.5 Å². The maximum absolute atomic E-state index is 12.8. The lowest BCUT2D eigenvalue weighted by atomic mass is 10.1. The van der Waals surface area contributed by atoms with Gasteiger partial charge in [-0.3, -0.25) is 9.69 Å². The number of furan rings is 1. The number of aryl methyl sites for hydroxylation is 1. The molecule has 2 fully saturated rings. The number of sulfonamides is 1. The van der Waals surface area contributed by atoms with E-state index < -0.39 is 10.0 Å². The minimum atomic E-state index is -3.46. The molecule has 1 N–H and O–H groups in total. The normalized spacial score (nSPS) is 19.3. The molecular weight excluding hydrogens is 442 g/mol. The maximum Gasteiger partial charge on any atom is 0.243 e. The van der Waals surface area contributed by atoms with Crippen LogP contribution in [0.15, 0.2) is 45.7 Å². The van der Waals surface area contributed by atoms with E-state index >= 15 is 0 Å². The molecule has 4 rings (SSSR count). The number of piperidine rings is 1. The van der Waals surface area contributed by atoms with Gasteiger partial charge in [0.2, 0.25) is 15.9 Å². The summed E-state index contributed by atoms with van der Waals surface area (Å²) in [6.45, 7) is 6.40. The van der Waals surface area contributed by atoms with Gasteiger partial charge >= 0.3 is 0 Å². The third-order valence-corrected chi connectivity index (χ3v) is 8.22. The van der Waals surface area contributed by atoms with Crippen molar-refractivity contribution in [1.82, 2.24) is 14.5 Å². The molecular formula is C24H33N3O5S. The Morgan fingerprint density at radius 2 is 1.70 bits per heavy atom. The SMILES string of the molecule is Cc1ccc(C(CNC(=O)Cc2ccc(S(=O)(=O)N3CCCCC3)cc2)N2CCOCC2)o1. The van der Waals surface area contributed by atoms with E-state index in [0.29, 0.717) is 32.8 Å². The number of carbonyl (C=O) groups is 1. The minimum Gasteiger partial charge on any atom is -0.465 e. The number of nitrogens with zero attached hydrogens (tertiary/aromatic N) is 2. The third kappa shape index (κ3) is 6.03. The first kappa shape index (κ1) is 23.9. The van der Waals surface area contributed by atoms with Crippen LogP contribution in [0.3, 0.4) is 0 Å². The van der Waals surface area contributed by atoms with Crippen molar-refractivity contribution in [2.24, 2.45) is 0 Å². The van der Waals surface area contributed by atoms with Crippen LogP contribution >= 0.6 is 0 Å². The van der Waals surface area contributed by atoms with Crippen molar-refractivity contribution in [1.29, 1.82) is 0 Å². The van der Waals surface area contributed by atoms with Gasteiger partial charge in [-0.1, -0.05) is 18.6 Å². The van der Waals surface area contributed by atoms with E-state index in [1.54, 1.807) is 28.6 Å². The zero-order valence-electron chi connectivity index (χ0n) is 19.2. The molecule has 0 radical (unpaired) electrons. The molecule has 33 heavy (non-hydrogen) atoms. The van der Waals surface area contributed by atoms with E-state index in [1.165, 1.54) is 0 Å². The van der Waals surface area contributed by atoms with Gasteiger partial charge < -0.3 is 14.5 Å². The Bertz CT molecular complexity index is 1020. The summed E-state index contributed by atoms with van der Waals surface area (Å²) in [6.07, 6.45) is 3.07. The van der Waals surface area contributed by atoms with Gasteiger partial charge in [0.05, 0.1) is 30.6 Å². The average molecular weight is 476 g/mol. The Morgan fingerprint density at radius 1 is 1.00 bits per heavy atom. The summed E-state index contributed by atoms with van der Waals surface area (Å²) in [6, 6.07) is 10.5. The van der Waals surface area contributed by atoms with Crippen molar-refractivity contribution >= 4 is 15.9 Å². The highest BCUT2D eigenvalue weighted by Gasteiger charge is 2.27. The number of hydrogen-bond donors (Lipinski definition) is 1. The van der Waals surface area contributed by atoms with E-state index in [4.69, 9.17) is 9.15 Å². The molecule has 180 valence electrons. The topological polar surface area (TPSA) is 92.1 Å². The Morgan fingerprint density at radius 3 is 2.33 bits per heavy atom. The van der Waals surface area contributed by atoms with Gasteiger partial charge in [-0.25, -0.2) is 8.42 Å². The van der Waals surface area contributed by atoms with Crippen LogP contribution in [0.2, 0.25) is 0 Å². The van der Waals surface area contributed by atoms with Crippen molar-refractivity contribution in [3.63, 3.8) is 0 Å². The maximum atomic E-state index is 12.8. The second-order valence-electron chi connectivity index (χ2n) is 8.70. The molecule has 0 bridgehead atoms. The average Bonchev–Trinajstić information content (AvgIpc) is 3.26. The zero-order chi connectivity index (χ0) is 23.3. The highest BCUT2D eigenvalue weighted by molar-refractivity contribution is 7.89. The van der Waals surface area contributed by atoms with Crippen molar-refractivity contribution in [3.8, 4) is 0 Å². The van der Waals surface area contributed by atoms with Crippen molar-refractivity contribution in [2.75, 3.05) is 45.9 Å². The molecule has 1 aromatic carbocycles. The van der Waals surface area contributed by atoms with Crippen LogP contribution in [-0.4, -0.2) is 69.5 Å². The summed E-state index contributed by atoms with van der Waals surface area (Å²) in [7, 11) is -3.46. The van der Waals surface area contributed by atoms with Crippen LogP contribution in [0.25, 0.3) is 0 Å². The second-order valence-corrected chi connectivity index (χ2v) is 10.6. The summed E-state index contributed by atoms with van der Waals surface area (Å²) in [4.78, 5) is 15.2. The fraction of sp³-hybridized carbons (Fsp3) is 0.542. The van der Waals surface area contributed by atoms with Crippen molar-refractivity contribution in [2.45, 2.75) is 43.5 Å². The first-order valence-electron chi connectivity index (χ1n) is 11.7. The quantitative estimate of drug-likeness (QED) is 0.631. The summed E-state index contributed by atoms with van der Waals surface area (Å²) >= 11 is 0. The lowest BCUT2D eigenvalue weighted by Gasteiger charge is -2.33. The lowest BCUT2D eigenvalue weighted by Crippen LogP contribution is -2.44. The first-order valence-corrected chi connectivity index (χ1v) is 13.1. The minimum absolute atomic E-state index is 0.0522. The highest BCUT2D eigenvalue weighted by atomic mass is 32.2. The highest BCUT2D eigenvalue weighted by Crippen LogP contribution is 2.24. The number of benzene rings is 1. The van der Waals surface area contributed by atoms with Crippen molar-refractivity contribution < 1.29 is 22.4 Å². The molecule has 0 aliphatic carbocycles. The summed E-state index contributed by atoms with van der Waals surface area (Å²) in [5.41, 5.74) is 0.779. The number of morpholine rings is 1. The number of rotatable bonds is 8. The molecule has 2 aliphatic heterocycles. The van der Waals surface area contributed by atoms with Gasteiger partial charge in [-0.05, 0) is 49.6 Å². The number of ether oxygens (including phenoxy) is 1. The Hall–Kier alpha value is -2.20. The molecule has 1 unspecified atom stereocenters. The van der Waals surface area contributed by atoms with E-state index in [9.17, 15) is 13.2 Å². The lowest BCUT2D eigenvalue weighted by molar-refractivity contribution is -0.120. The Balaban J connectivity index is 1.35. The van der Waals surface area contributed by atoms with Crippen LogP contribution in [0.4, 0.5) is 0 Å². The van der Waals surface area contributed by atoms with E-state index in [0.717, 1.165) is 49.4 Å². The molecule has 8 nitrogen and oxygen atoms in total. The fourth-order valence-corrected chi connectivity index (χ4v) is 5.94. The van der Waals surface area contributed by atoms with Crippen LogP contribution in [0, 0.1) is 6.92 Å². The number of nitrogens with one attached hydrogen (secondary N) is 1. The van der Waals surface area contributed by atoms with Crippen LogP contribution in [0.1, 0.15) is 42.4 Å². The van der Waals surface area contributed by atoms with Gasteiger partial charge in [-0.2, -0.15) is 4.31 Å². The molecule has 1 amide bonds. The third-order valence-electron chi connectivity index (χ3n) is 6.31. The summed E-state index contributed by atoms with van der Waals surface area (Å²) < 4.78 is 38.5. The molecule has 2 saturated heterocycles. The van der Waals surface area contributed by atoms with Gasteiger partial charge in [0.25, 0.3) is 0 Å². The van der Waals surface area contributed by atoms with E-state index in [2.05, 4.69) is 10.2 Å². The van der Waals surface area contributed by atoms with Gasteiger partial charge in [-0.15, -0.1) is 0 Å². The Kier molecular flexibility index (Phi) is 7.85. The number of amides is 1. The van der Waals surface area contributed by atoms with Gasteiger partial charge in [0.15, 0.2) is 0 Å². The zero-order valence-corrected chi connectivity index (χ0v) is 20.0.